The Morgan fingerprint density at radius 2 is 2.05 bits per heavy atom. The van der Waals surface area contributed by atoms with Crippen LogP contribution in [0.3, 0.4) is 0 Å². The van der Waals surface area contributed by atoms with Crippen LogP contribution in [-0.4, -0.2) is 29.6 Å². The van der Waals surface area contributed by atoms with Crippen LogP contribution in [0.25, 0.3) is 0 Å². The fourth-order valence-corrected chi connectivity index (χ4v) is 2.16. The standard InChI is InChI=1S/C15H21ClN2O3/c1-4-9(2)14(15(20)21)17-8-13(19)18-12-6-5-11(16)7-10(12)3/h5-7,9,14,17H,4,8H2,1-3H3,(H,18,19)(H,20,21)/t9-,14-/m0/s1. The maximum absolute atomic E-state index is 11.9. The van der Waals surface area contributed by atoms with Gasteiger partial charge in [0.2, 0.25) is 5.91 Å². The van der Waals surface area contributed by atoms with E-state index in [9.17, 15) is 9.59 Å². The molecular formula is C15H21ClN2O3. The molecule has 0 fully saturated rings. The van der Waals surface area contributed by atoms with E-state index in [1.54, 1.807) is 18.2 Å². The molecule has 21 heavy (non-hydrogen) atoms. The first kappa shape index (κ1) is 17.5. The number of benzene rings is 1. The lowest BCUT2D eigenvalue weighted by Crippen LogP contribution is -2.45. The number of rotatable bonds is 7. The smallest absolute Gasteiger partial charge is 0.320 e. The van der Waals surface area contributed by atoms with Crippen LogP contribution in [0.5, 0.6) is 0 Å². The summed E-state index contributed by atoms with van der Waals surface area (Å²) in [7, 11) is 0. The Kier molecular flexibility index (Phi) is 6.65. The molecule has 0 unspecified atom stereocenters. The molecule has 116 valence electrons. The van der Waals surface area contributed by atoms with E-state index in [4.69, 9.17) is 16.7 Å². The van der Waals surface area contributed by atoms with Gasteiger partial charge in [0, 0.05) is 10.7 Å². The van der Waals surface area contributed by atoms with Crippen LogP contribution in [0.4, 0.5) is 5.69 Å². The van der Waals surface area contributed by atoms with E-state index in [0.29, 0.717) is 10.7 Å². The number of aliphatic carboxylic acids is 1. The second-order valence-corrected chi connectivity index (χ2v) is 5.53. The van der Waals surface area contributed by atoms with Gasteiger partial charge in [-0.3, -0.25) is 14.9 Å². The van der Waals surface area contributed by atoms with Gasteiger partial charge in [0.05, 0.1) is 6.54 Å². The molecule has 3 N–H and O–H groups in total. The quantitative estimate of drug-likeness (QED) is 0.723. The van der Waals surface area contributed by atoms with Gasteiger partial charge < -0.3 is 10.4 Å². The normalized spacial score (nSPS) is 13.5. The molecule has 0 spiro atoms. The topological polar surface area (TPSA) is 78.4 Å². The highest BCUT2D eigenvalue weighted by molar-refractivity contribution is 6.30. The molecule has 0 bridgehead atoms. The van der Waals surface area contributed by atoms with Crippen LogP contribution < -0.4 is 10.6 Å². The van der Waals surface area contributed by atoms with Crippen molar-refractivity contribution >= 4 is 29.2 Å². The largest absolute Gasteiger partial charge is 0.480 e. The minimum absolute atomic E-state index is 0.0485. The Labute approximate surface area is 129 Å². The summed E-state index contributed by atoms with van der Waals surface area (Å²) in [5, 5.41) is 15.3. The van der Waals surface area contributed by atoms with Crippen molar-refractivity contribution in [3.05, 3.63) is 28.8 Å². The molecule has 1 rings (SSSR count). The number of hydrogen-bond donors (Lipinski definition) is 3. The second-order valence-electron chi connectivity index (χ2n) is 5.09. The van der Waals surface area contributed by atoms with Crippen LogP contribution in [0.1, 0.15) is 25.8 Å². The molecule has 6 heteroatoms. The minimum atomic E-state index is -0.945. The highest BCUT2D eigenvalue weighted by Crippen LogP contribution is 2.19. The molecule has 2 atom stereocenters. The summed E-state index contributed by atoms with van der Waals surface area (Å²) in [5.74, 6) is -1.28. The van der Waals surface area contributed by atoms with E-state index in [-0.39, 0.29) is 18.4 Å². The van der Waals surface area contributed by atoms with Crippen molar-refractivity contribution in [3.63, 3.8) is 0 Å². The van der Waals surface area contributed by atoms with Gasteiger partial charge in [-0.1, -0.05) is 31.9 Å². The third-order valence-corrected chi connectivity index (χ3v) is 3.66. The Morgan fingerprint density at radius 3 is 2.57 bits per heavy atom. The van der Waals surface area contributed by atoms with E-state index in [0.717, 1.165) is 12.0 Å². The number of carbonyl (C=O) groups is 2. The highest BCUT2D eigenvalue weighted by atomic mass is 35.5. The molecular weight excluding hydrogens is 292 g/mol. The number of anilines is 1. The first-order valence-electron chi connectivity index (χ1n) is 6.87. The van der Waals surface area contributed by atoms with Crippen molar-refractivity contribution in [2.75, 3.05) is 11.9 Å². The predicted octanol–water partition coefficient (Wildman–Crippen LogP) is 2.68. The summed E-state index contributed by atoms with van der Waals surface area (Å²) in [6.45, 7) is 5.55. The lowest BCUT2D eigenvalue weighted by atomic mass is 9.99. The first-order valence-corrected chi connectivity index (χ1v) is 7.25. The second kappa shape index (κ2) is 8.00. The molecule has 0 saturated heterocycles. The van der Waals surface area contributed by atoms with Crippen molar-refractivity contribution in [2.24, 2.45) is 5.92 Å². The Morgan fingerprint density at radius 1 is 1.38 bits per heavy atom. The molecule has 5 nitrogen and oxygen atoms in total. The van der Waals surface area contributed by atoms with E-state index < -0.39 is 12.0 Å². The summed E-state index contributed by atoms with van der Waals surface area (Å²) >= 11 is 5.85. The molecule has 0 aromatic heterocycles. The third kappa shape index (κ3) is 5.36. The van der Waals surface area contributed by atoms with Gasteiger partial charge >= 0.3 is 5.97 Å². The zero-order chi connectivity index (χ0) is 16.0. The number of halogens is 1. The fourth-order valence-electron chi connectivity index (χ4n) is 1.93. The summed E-state index contributed by atoms with van der Waals surface area (Å²) in [4.78, 5) is 23.0. The van der Waals surface area contributed by atoms with Gasteiger partial charge in [0.15, 0.2) is 0 Å². The summed E-state index contributed by atoms with van der Waals surface area (Å²) in [5.41, 5.74) is 1.52. The van der Waals surface area contributed by atoms with Crippen LogP contribution in [0.2, 0.25) is 5.02 Å². The molecule has 0 radical (unpaired) electrons. The molecule has 1 aromatic carbocycles. The van der Waals surface area contributed by atoms with E-state index >= 15 is 0 Å². The highest BCUT2D eigenvalue weighted by Gasteiger charge is 2.23. The maximum atomic E-state index is 11.9. The fraction of sp³-hybridized carbons (Fsp3) is 0.467. The number of carboxylic acid groups (broad SMARTS) is 1. The van der Waals surface area contributed by atoms with Crippen molar-refractivity contribution in [1.29, 1.82) is 0 Å². The lowest BCUT2D eigenvalue weighted by molar-refractivity contribution is -0.140. The lowest BCUT2D eigenvalue weighted by Gasteiger charge is -2.20. The first-order chi connectivity index (χ1) is 9.85. The molecule has 0 heterocycles. The number of amides is 1. The zero-order valence-corrected chi connectivity index (χ0v) is 13.2. The van der Waals surface area contributed by atoms with Crippen molar-refractivity contribution in [2.45, 2.75) is 33.2 Å². The van der Waals surface area contributed by atoms with Gasteiger partial charge in [-0.25, -0.2) is 0 Å². The van der Waals surface area contributed by atoms with Crippen LogP contribution >= 0.6 is 11.6 Å². The molecule has 0 aliphatic carbocycles. The SMILES string of the molecule is CC[C@H](C)[C@H](NCC(=O)Nc1ccc(Cl)cc1C)C(=O)O. The molecule has 0 aliphatic rings. The summed E-state index contributed by atoms with van der Waals surface area (Å²) in [6.07, 6.45) is 0.724. The number of nitrogens with one attached hydrogen (secondary N) is 2. The number of aryl methyl sites for hydroxylation is 1. The van der Waals surface area contributed by atoms with Gasteiger partial charge in [-0.2, -0.15) is 0 Å². The molecule has 0 aliphatic heterocycles. The van der Waals surface area contributed by atoms with Gasteiger partial charge in [-0.15, -0.1) is 0 Å². The van der Waals surface area contributed by atoms with Crippen molar-refractivity contribution in [3.8, 4) is 0 Å². The minimum Gasteiger partial charge on any atom is -0.480 e. The van der Waals surface area contributed by atoms with Crippen molar-refractivity contribution < 1.29 is 14.7 Å². The Hall–Kier alpha value is -1.59. The number of carboxylic acids is 1. The van der Waals surface area contributed by atoms with E-state index in [1.165, 1.54) is 0 Å². The average Bonchev–Trinajstić information content (AvgIpc) is 2.41. The van der Waals surface area contributed by atoms with Crippen molar-refractivity contribution in [1.82, 2.24) is 5.32 Å². The van der Waals surface area contributed by atoms with Crippen LogP contribution in [0, 0.1) is 12.8 Å². The third-order valence-electron chi connectivity index (χ3n) is 3.42. The van der Waals surface area contributed by atoms with E-state index in [1.807, 2.05) is 20.8 Å². The van der Waals surface area contributed by atoms with E-state index in [2.05, 4.69) is 10.6 Å². The Bertz CT molecular complexity index is 520. The average molecular weight is 313 g/mol. The molecule has 1 amide bonds. The van der Waals surface area contributed by atoms with Gasteiger partial charge in [0.25, 0.3) is 0 Å². The summed E-state index contributed by atoms with van der Waals surface area (Å²) in [6, 6.07) is 4.44. The van der Waals surface area contributed by atoms with Crippen LogP contribution in [0.15, 0.2) is 18.2 Å². The predicted molar refractivity (Wildman–Crippen MR) is 83.7 cm³/mol. The zero-order valence-electron chi connectivity index (χ0n) is 12.4. The van der Waals surface area contributed by atoms with Gasteiger partial charge in [-0.05, 0) is 36.6 Å². The molecule has 0 saturated carbocycles. The Balaban J connectivity index is 2.59. The number of hydrogen-bond acceptors (Lipinski definition) is 3. The monoisotopic (exact) mass is 312 g/mol. The number of carbonyl (C=O) groups excluding carboxylic acids is 1. The molecule has 1 aromatic rings. The van der Waals surface area contributed by atoms with Gasteiger partial charge in [0.1, 0.15) is 6.04 Å². The maximum Gasteiger partial charge on any atom is 0.320 e. The summed E-state index contributed by atoms with van der Waals surface area (Å²) < 4.78 is 0. The van der Waals surface area contributed by atoms with Crippen LogP contribution in [-0.2, 0) is 9.59 Å².